The lowest BCUT2D eigenvalue weighted by Gasteiger charge is -2.48. The van der Waals surface area contributed by atoms with Crippen molar-refractivity contribution >= 4 is 5.91 Å². The second-order valence-corrected chi connectivity index (χ2v) is 11.8. The van der Waals surface area contributed by atoms with E-state index >= 15 is 0 Å². The van der Waals surface area contributed by atoms with E-state index in [-0.39, 0.29) is 31.5 Å². The summed E-state index contributed by atoms with van der Waals surface area (Å²) in [4.78, 5) is 12.9. The van der Waals surface area contributed by atoms with E-state index < -0.39 is 91.5 Å². The maximum absolute atomic E-state index is 12.9. The highest BCUT2D eigenvalue weighted by Crippen LogP contribution is 2.36. The Kier molecular flexibility index (Phi) is 11.5. The first-order valence-electron chi connectivity index (χ1n) is 14.7. The van der Waals surface area contributed by atoms with Gasteiger partial charge in [-0.3, -0.25) is 4.79 Å². The zero-order chi connectivity index (χ0) is 30.8. The number of hydrogen-bond acceptors (Lipinski definition) is 16. The summed E-state index contributed by atoms with van der Waals surface area (Å²) in [7, 11) is 0. The second kappa shape index (κ2) is 14.3. The molecule has 0 aromatic heterocycles. The summed E-state index contributed by atoms with van der Waals surface area (Å²) in [6.45, 7) is 0.782. The quantitative estimate of drug-likeness (QED) is 0.0917. The maximum Gasteiger partial charge on any atom is 0.253 e. The van der Waals surface area contributed by atoms with Crippen LogP contribution in [0.4, 0.5) is 0 Å². The third-order valence-corrected chi connectivity index (χ3v) is 8.74. The first kappa shape index (κ1) is 33.8. The highest BCUT2D eigenvalue weighted by Gasteiger charge is 2.59. The molecule has 15 atom stereocenters. The van der Waals surface area contributed by atoms with Gasteiger partial charge in [0.1, 0.15) is 36.6 Å². The zero-order valence-electron chi connectivity index (χ0n) is 23.6. The highest BCUT2D eigenvalue weighted by molar-refractivity contribution is 5.89. The molecule has 17 N–H and O–H groups in total. The number of carbonyl (C=O) groups is 1. The van der Waals surface area contributed by atoms with Crippen molar-refractivity contribution in [2.24, 2.45) is 28.7 Å². The number of amides is 1. The van der Waals surface area contributed by atoms with Gasteiger partial charge >= 0.3 is 0 Å². The Morgan fingerprint density at radius 1 is 0.952 bits per heavy atom. The second-order valence-electron chi connectivity index (χ2n) is 11.8. The summed E-state index contributed by atoms with van der Waals surface area (Å²) in [6.07, 6.45) is -8.34. The Morgan fingerprint density at radius 2 is 1.64 bits per heavy atom. The Morgan fingerprint density at radius 3 is 2.26 bits per heavy atom. The summed E-state index contributed by atoms with van der Waals surface area (Å²) in [5.74, 6) is -0.761. The van der Waals surface area contributed by atoms with E-state index in [1.54, 1.807) is 0 Å². The van der Waals surface area contributed by atoms with Crippen LogP contribution in [0.1, 0.15) is 32.1 Å². The molecule has 2 heterocycles. The highest BCUT2D eigenvalue weighted by atomic mass is 16.7. The molecule has 0 bridgehead atoms. The molecular weight excluding hydrogens is 558 g/mol. The third-order valence-electron chi connectivity index (χ3n) is 8.74. The molecule has 0 aromatic rings. The lowest BCUT2D eigenvalue weighted by Crippen LogP contribution is -2.69. The molecule has 0 spiro atoms. The fourth-order valence-corrected chi connectivity index (χ4v) is 5.85. The third kappa shape index (κ3) is 7.22. The maximum atomic E-state index is 12.9. The van der Waals surface area contributed by atoms with Crippen LogP contribution in [-0.2, 0) is 23.7 Å². The molecule has 0 aromatic carbocycles. The van der Waals surface area contributed by atoms with Crippen LogP contribution in [0.5, 0.6) is 0 Å². The van der Waals surface area contributed by atoms with Crippen molar-refractivity contribution in [3.05, 3.63) is 0 Å². The molecule has 1 amide bonds. The van der Waals surface area contributed by atoms with Gasteiger partial charge in [-0.05, 0) is 38.8 Å². The fraction of sp³-hybridized carbons (Fsp3) is 0.960. The van der Waals surface area contributed by atoms with Crippen molar-refractivity contribution < 1.29 is 49.3 Å². The lowest BCUT2D eigenvalue weighted by molar-refractivity contribution is -0.314. The molecular formula is C25H49N7O10. The zero-order valence-corrected chi connectivity index (χ0v) is 23.6. The van der Waals surface area contributed by atoms with E-state index in [0.29, 0.717) is 25.9 Å². The van der Waals surface area contributed by atoms with Crippen LogP contribution in [0.15, 0.2) is 0 Å². The molecule has 2 aliphatic carbocycles. The summed E-state index contributed by atoms with van der Waals surface area (Å²) in [5, 5.41) is 58.7. The van der Waals surface area contributed by atoms with Gasteiger partial charge in [0.2, 0.25) is 0 Å². The average molecular weight is 608 g/mol. The van der Waals surface area contributed by atoms with E-state index in [0.717, 1.165) is 6.42 Å². The van der Waals surface area contributed by atoms with Gasteiger partial charge < -0.3 is 83.8 Å². The molecule has 17 heteroatoms. The van der Waals surface area contributed by atoms with Gasteiger partial charge in [0.05, 0.1) is 30.8 Å². The fourth-order valence-electron chi connectivity index (χ4n) is 5.85. The van der Waals surface area contributed by atoms with Crippen molar-refractivity contribution in [2.75, 3.05) is 26.2 Å². The normalized spacial score (nSPS) is 47.7. The topological polar surface area (TPSA) is 309 Å². The number of nitrogens with one attached hydrogen (secondary N) is 2. The van der Waals surface area contributed by atoms with Crippen molar-refractivity contribution in [1.82, 2.24) is 10.6 Å². The van der Waals surface area contributed by atoms with Gasteiger partial charge in [-0.1, -0.05) is 0 Å². The predicted octanol–water partition coefficient (Wildman–Crippen LogP) is -6.67. The number of hydrogen-bond donors (Lipinski definition) is 12. The molecule has 42 heavy (non-hydrogen) atoms. The minimum absolute atomic E-state index is 0.0304. The summed E-state index contributed by atoms with van der Waals surface area (Å²) in [5.41, 5.74) is 27.9. The average Bonchev–Trinajstić information content (AvgIpc) is 3.60. The molecule has 244 valence electrons. The van der Waals surface area contributed by atoms with Crippen LogP contribution in [0, 0.1) is 0 Å². The minimum atomic E-state index is -1.77. The van der Waals surface area contributed by atoms with Crippen LogP contribution in [-0.4, -0.2) is 149 Å². The van der Waals surface area contributed by atoms with Crippen molar-refractivity contribution in [3.63, 3.8) is 0 Å². The largest absolute Gasteiger partial charge is 0.394 e. The number of aliphatic hydroxyl groups is 5. The van der Waals surface area contributed by atoms with Crippen LogP contribution < -0.4 is 39.3 Å². The smallest absolute Gasteiger partial charge is 0.253 e. The Bertz CT molecular complexity index is 892. The van der Waals surface area contributed by atoms with E-state index in [4.69, 9.17) is 47.6 Å². The molecule has 4 aliphatic rings. The molecule has 2 saturated carbocycles. The standard InChI is InChI=1S/C25H49N7O10/c26-4-1-5-31-12-3-2-10(8-27)39-22(12)41-20-11(28)6-13(32-24(37)25(38)7-15(25)29)21(19(20)36)42-23-18(35)16(30)17(34)14(9-33)40-23/h10-23,31,33-36,38H,1-9,26-30H2,(H,32,37)/t10-,11-,12+,13+,14+,15?,16-,17+,18+,19-,20?,21-,22+,23+,25?/m0/s1. The molecule has 0 radical (unpaired) electrons. The molecule has 17 nitrogen and oxygen atoms in total. The first-order chi connectivity index (χ1) is 19.9. The minimum Gasteiger partial charge on any atom is -0.394 e. The van der Waals surface area contributed by atoms with Crippen LogP contribution in [0.2, 0.25) is 0 Å². The predicted molar refractivity (Wildman–Crippen MR) is 146 cm³/mol. The SMILES string of the molecule is NCCCN[C@@H]1CC[C@@H](CN)O[C@@H]1OC1[C@@H](N)C[C@@H](NC(=O)C2(O)CC2N)[C@H](O[C@H]2O[C@H](CO)[C@@H](O)[C@H](N)[C@H]2O)[C@H]1O. The number of rotatable bonds is 12. The van der Waals surface area contributed by atoms with Gasteiger partial charge in [-0.25, -0.2) is 0 Å². The molecule has 2 saturated heterocycles. The van der Waals surface area contributed by atoms with Gasteiger partial charge in [0, 0.05) is 25.0 Å². The Balaban J connectivity index is 1.55. The number of ether oxygens (including phenoxy) is 4. The van der Waals surface area contributed by atoms with Crippen molar-refractivity contribution in [2.45, 2.75) is 123 Å². The van der Waals surface area contributed by atoms with Gasteiger partial charge in [-0.15, -0.1) is 0 Å². The van der Waals surface area contributed by atoms with E-state index in [1.807, 2.05) is 0 Å². The number of carbonyl (C=O) groups excluding carboxylic acids is 1. The molecule has 3 unspecified atom stereocenters. The van der Waals surface area contributed by atoms with Crippen molar-refractivity contribution in [1.29, 1.82) is 0 Å². The Hall–Kier alpha value is -1.13. The van der Waals surface area contributed by atoms with Crippen molar-refractivity contribution in [3.8, 4) is 0 Å². The van der Waals surface area contributed by atoms with Crippen LogP contribution in [0.3, 0.4) is 0 Å². The summed E-state index contributed by atoms with van der Waals surface area (Å²) < 4.78 is 24.0. The summed E-state index contributed by atoms with van der Waals surface area (Å²) in [6, 6.07) is -4.03. The first-order valence-corrected chi connectivity index (χ1v) is 14.7. The van der Waals surface area contributed by atoms with E-state index in [2.05, 4.69) is 10.6 Å². The monoisotopic (exact) mass is 607 g/mol. The van der Waals surface area contributed by atoms with Crippen LogP contribution >= 0.6 is 0 Å². The van der Waals surface area contributed by atoms with Gasteiger partial charge in [-0.2, -0.15) is 0 Å². The number of nitrogens with two attached hydrogens (primary N) is 5. The molecule has 4 fully saturated rings. The Labute approximate surface area is 244 Å². The molecule has 2 aliphatic heterocycles. The molecule has 4 rings (SSSR count). The van der Waals surface area contributed by atoms with Gasteiger partial charge in [0.15, 0.2) is 18.2 Å². The van der Waals surface area contributed by atoms with E-state index in [1.165, 1.54) is 0 Å². The lowest BCUT2D eigenvalue weighted by atomic mass is 9.83. The van der Waals surface area contributed by atoms with E-state index in [9.17, 15) is 30.3 Å². The summed E-state index contributed by atoms with van der Waals surface area (Å²) >= 11 is 0. The van der Waals surface area contributed by atoms with Crippen LogP contribution in [0.25, 0.3) is 0 Å². The van der Waals surface area contributed by atoms with Gasteiger partial charge in [0.25, 0.3) is 5.91 Å². The number of aliphatic hydroxyl groups excluding tert-OH is 4.